The topological polar surface area (TPSA) is 87.3 Å². The molecule has 1 atom stereocenters. The summed E-state index contributed by atoms with van der Waals surface area (Å²) in [7, 11) is -3.65. The fourth-order valence-electron chi connectivity index (χ4n) is 2.71. The Bertz CT molecular complexity index is 712. The van der Waals surface area contributed by atoms with Crippen LogP contribution in [0.15, 0.2) is 21.5 Å². The van der Waals surface area contributed by atoms with Crippen LogP contribution in [-0.2, 0) is 21.2 Å². The number of carbonyl (C=O) groups is 1. The van der Waals surface area contributed by atoms with Crippen LogP contribution in [0.2, 0.25) is 0 Å². The van der Waals surface area contributed by atoms with Crippen molar-refractivity contribution in [2.45, 2.75) is 30.2 Å². The van der Waals surface area contributed by atoms with Crippen LogP contribution in [-0.4, -0.2) is 33.0 Å². The average molecular weight is 374 g/mol. The minimum atomic E-state index is -3.65. The predicted octanol–water partition coefficient (Wildman–Crippen LogP) is 0.974. The van der Waals surface area contributed by atoms with Crippen molar-refractivity contribution < 1.29 is 13.2 Å². The highest BCUT2D eigenvalue weighted by Crippen LogP contribution is 2.33. The molecule has 21 heavy (non-hydrogen) atoms. The van der Waals surface area contributed by atoms with Crippen molar-refractivity contribution >= 4 is 37.5 Å². The summed E-state index contributed by atoms with van der Waals surface area (Å²) in [6, 6.07) is 3.20. The van der Waals surface area contributed by atoms with E-state index in [9.17, 15) is 13.2 Å². The van der Waals surface area contributed by atoms with Gasteiger partial charge in [0.15, 0.2) is 0 Å². The summed E-state index contributed by atoms with van der Waals surface area (Å²) in [5.41, 5.74) is 0.892. The third-order valence-electron chi connectivity index (χ3n) is 3.82. The summed E-state index contributed by atoms with van der Waals surface area (Å²) in [5, 5.41) is 5.86. The Morgan fingerprint density at radius 1 is 1.38 bits per heavy atom. The maximum Gasteiger partial charge on any atom is 0.242 e. The molecule has 1 amide bonds. The SMILES string of the molecule is CC1(NS(=O)(=O)c2cc3c(cc2Br)NC(=O)C3)CCNC1. The Hall–Kier alpha value is -0.960. The number of carbonyl (C=O) groups excluding carboxylic acids is 1. The van der Waals surface area contributed by atoms with Gasteiger partial charge in [0.05, 0.1) is 11.3 Å². The highest BCUT2D eigenvalue weighted by Gasteiger charge is 2.35. The second kappa shape index (κ2) is 5.05. The maximum atomic E-state index is 12.6. The maximum absolute atomic E-state index is 12.6. The Morgan fingerprint density at radius 3 is 2.81 bits per heavy atom. The zero-order chi connectivity index (χ0) is 15.3. The Morgan fingerprint density at radius 2 is 2.14 bits per heavy atom. The van der Waals surface area contributed by atoms with Gasteiger partial charge in [0.25, 0.3) is 0 Å². The van der Waals surface area contributed by atoms with Crippen LogP contribution < -0.4 is 15.4 Å². The van der Waals surface area contributed by atoms with Crippen molar-refractivity contribution in [3.63, 3.8) is 0 Å². The molecular formula is C13H16BrN3O3S. The molecule has 1 aromatic carbocycles. The molecule has 1 aromatic rings. The number of nitrogens with one attached hydrogen (secondary N) is 3. The Labute approximate surface area is 131 Å². The van der Waals surface area contributed by atoms with E-state index in [1.165, 1.54) is 0 Å². The van der Waals surface area contributed by atoms with Gasteiger partial charge in [-0.2, -0.15) is 0 Å². The quantitative estimate of drug-likeness (QED) is 0.736. The number of halogens is 1. The van der Waals surface area contributed by atoms with Crippen molar-refractivity contribution in [2.24, 2.45) is 0 Å². The van der Waals surface area contributed by atoms with E-state index in [1.807, 2.05) is 6.92 Å². The summed E-state index contributed by atoms with van der Waals surface area (Å²) >= 11 is 3.29. The van der Waals surface area contributed by atoms with Crippen LogP contribution in [0.5, 0.6) is 0 Å². The van der Waals surface area contributed by atoms with E-state index < -0.39 is 15.6 Å². The monoisotopic (exact) mass is 373 g/mol. The highest BCUT2D eigenvalue weighted by molar-refractivity contribution is 9.10. The smallest absolute Gasteiger partial charge is 0.242 e. The Kier molecular flexibility index (Phi) is 3.59. The number of amides is 1. The second-order valence-electron chi connectivity index (χ2n) is 5.76. The van der Waals surface area contributed by atoms with E-state index in [0.29, 0.717) is 22.3 Å². The highest BCUT2D eigenvalue weighted by atomic mass is 79.9. The minimum Gasteiger partial charge on any atom is -0.325 e. The molecule has 2 heterocycles. The largest absolute Gasteiger partial charge is 0.325 e. The first-order valence-corrected chi connectivity index (χ1v) is 8.94. The van der Waals surface area contributed by atoms with E-state index in [1.54, 1.807) is 12.1 Å². The molecule has 3 N–H and O–H groups in total. The lowest BCUT2D eigenvalue weighted by Crippen LogP contribution is -2.47. The first-order valence-electron chi connectivity index (χ1n) is 6.66. The molecule has 1 fully saturated rings. The van der Waals surface area contributed by atoms with Gasteiger partial charge in [0.2, 0.25) is 15.9 Å². The lowest BCUT2D eigenvalue weighted by Gasteiger charge is -2.24. The second-order valence-corrected chi connectivity index (χ2v) is 8.26. The van der Waals surface area contributed by atoms with E-state index in [-0.39, 0.29) is 17.2 Å². The van der Waals surface area contributed by atoms with E-state index in [4.69, 9.17) is 0 Å². The van der Waals surface area contributed by atoms with Crippen LogP contribution in [0.4, 0.5) is 5.69 Å². The van der Waals surface area contributed by atoms with E-state index in [0.717, 1.165) is 13.0 Å². The molecule has 1 unspecified atom stereocenters. The van der Waals surface area contributed by atoms with Gasteiger partial charge in [0, 0.05) is 22.2 Å². The molecular weight excluding hydrogens is 358 g/mol. The van der Waals surface area contributed by atoms with Crippen LogP contribution in [0, 0.1) is 0 Å². The number of hydrogen-bond donors (Lipinski definition) is 3. The fraction of sp³-hybridized carbons (Fsp3) is 0.462. The van der Waals surface area contributed by atoms with Crippen LogP contribution in [0.1, 0.15) is 18.9 Å². The molecule has 114 valence electrons. The standard InChI is InChI=1S/C13H16BrN3O3S/c1-13(2-3-15-7-13)17-21(19,20)11-4-8-5-12(18)16-10(8)6-9(11)14/h4,6,15,17H,2-3,5,7H2,1H3,(H,16,18). The summed E-state index contributed by atoms with van der Waals surface area (Å²) in [6.45, 7) is 3.29. The lowest BCUT2D eigenvalue weighted by molar-refractivity contribution is -0.115. The number of benzene rings is 1. The van der Waals surface area contributed by atoms with Crippen LogP contribution >= 0.6 is 15.9 Å². The molecule has 2 aliphatic heterocycles. The van der Waals surface area contributed by atoms with Crippen molar-refractivity contribution in [1.29, 1.82) is 0 Å². The average Bonchev–Trinajstić information content (AvgIpc) is 2.92. The first kappa shape index (κ1) is 15.0. The summed E-state index contributed by atoms with van der Waals surface area (Å²) < 4.78 is 28.5. The third-order valence-corrected chi connectivity index (χ3v) is 6.42. The zero-order valence-electron chi connectivity index (χ0n) is 11.5. The Balaban J connectivity index is 1.96. The van der Waals surface area contributed by atoms with Crippen molar-refractivity contribution in [3.05, 3.63) is 22.2 Å². The van der Waals surface area contributed by atoms with Gasteiger partial charge in [-0.25, -0.2) is 13.1 Å². The predicted molar refractivity (Wildman–Crippen MR) is 82.7 cm³/mol. The third kappa shape index (κ3) is 2.85. The minimum absolute atomic E-state index is 0.119. The number of fused-ring (bicyclic) bond motifs is 1. The molecule has 0 spiro atoms. The summed E-state index contributed by atoms with van der Waals surface area (Å²) in [5.74, 6) is -0.119. The molecule has 8 heteroatoms. The molecule has 0 saturated carbocycles. The molecule has 0 aromatic heterocycles. The van der Waals surface area contributed by atoms with Crippen molar-refractivity contribution in [3.8, 4) is 0 Å². The van der Waals surface area contributed by atoms with Gasteiger partial charge < -0.3 is 10.6 Å². The molecule has 0 radical (unpaired) electrons. The van der Waals surface area contributed by atoms with Crippen molar-refractivity contribution in [2.75, 3.05) is 18.4 Å². The molecule has 1 saturated heterocycles. The van der Waals surface area contributed by atoms with Crippen LogP contribution in [0.25, 0.3) is 0 Å². The number of sulfonamides is 1. The van der Waals surface area contributed by atoms with Crippen molar-refractivity contribution in [1.82, 2.24) is 10.0 Å². The molecule has 6 nitrogen and oxygen atoms in total. The summed E-state index contributed by atoms with van der Waals surface area (Å²) in [4.78, 5) is 11.6. The fourth-order valence-corrected chi connectivity index (χ4v) is 5.24. The van der Waals surface area contributed by atoms with Gasteiger partial charge in [-0.1, -0.05) is 0 Å². The van der Waals surface area contributed by atoms with E-state index >= 15 is 0 Å². The molecule has 0 aliphatic carbocycles. The summed E-state index contributed by atoms with van der Waals surface area (Å²) in [6.07, 6.45) is 0.957. The number of anilines is 1. The molecule has 3 rings (SSSR count). The molecule has 2 aliphatic rings. The normalized spacial score (nSPS) is 25.0. The van der Waals surface area contributed by atoms with Gasteiger partial charge in [-0.3, -0.25) is 4.79 Å². The first-order chi connectivity index (χ1) is 9.79. The molecule has 0 bridgehead atoms. The number of rotatable bonds is 3. The number of hydrogen-bond acceptors (Lipinski definition) is 4. The van der Waals surface area contributed by atoms with E-state index in [2.05, 4.69) is 31.3 Å². The zero-order valence-corrected chi connectivity index (χ0v) is 13.9. The van der Waals surface area contributed by atoms with Gasteiger partial charge >= 0.3 is 0 Å². The van der Waals surface area contributed by atoms with Gasteiger partial charge in [-0.15, -0.1) is 0 Å². The van der Waals surface area contributed by atoms with Gasteiger partial charge in [-0.05, 0) is 53.5 Å². The van der Waals surface area contributed by atoms with Gasteiger partial charge in [0.1, 0.15) is 0 Å². The lowest BCUT2D eigenvalue weighted by atomic mass is 10.0. The van der Waals surface area contributed by atoms with Crippen LogP contribution in [0.3, 0.4) is 0 Å².